The first-order valence-electron chi connectivity index (χ1n) is 11.2. The van der Waals surface area contributed by atoms with Gasteiger partial charge in [-0.15, -0.1) is 0 Å². The highest BCUT2D eigenvalue weighted by molar-refractivity contribution is 6.01. The molecule has 5 aromatic rings. The van der Waals surface area contributed by atoms with E-state index >= 15 is 0 Å². The molecule has 8 heteroatoms. The second kappa shape index (κ2) is 9.82. The van der Waals surface area contributed by atoms with Crippen LogP contribution in [0.25, 0.3) is 33.5 Å². The number of aliphatic hydroxyl groups excluding tert-OH is 1. The molecule has 35 heavy (non-hydrogen) atoms. The molecule has 0 saturated carbocycles. The van der Waals surface area contributed by atoms with Crippen molar-refractivity contribution in [1.29, 1.82) is 0 Å². The predicted octanol–water partition coefficient (Wildman–Crippen LogP) is 4.93. The number of anilines is 1. The maximum atomic E-state index is 13.3. The van der Waals surface area contributed by atoms with Crippen molar-refractivity contribution in [1.82, 2.24) is 19.9 Å². The molecule has 0 spiro atoms. The van der Waals surface area contributed by atoms with Gasteiger partial charge in [0.25, 0.3) is 0 Å². The molecule has 3 N–H and O–H groups in total. The monoisotopic (exact) mass is 467 g/mol. The smallest absolute Gasteiger partial charge is 0.233 e. The number of amides is 1. The zero-order chi connectivity index (χ0) is 24.2. The molecule has 174 valence electrons. The number of aromatic amines is 1. The largest absolute Gasteiger partial charge is 0.396 e. The summed E-state index contributed by atoms with van der Waals surface area (Å²) in [6.45, 7) is -0.182. The second-order valence-electron chi connectivity index (χ2n) is 8.02. The lowest BCUT2D eigenvalue weighted by molar-refractivity contribution is -0.118. The molecule has 7 nitrogen and oxygen atoms in total. The van der Waals surface area contributed by atoms with E-state index in [1.165, 1.54) is 12.1 Å². The van der Waals surface area contributed by atoms with Gasteiger partial charge in [0.2, 0.25) is 5.91 Å². The molecular weight excluding hydrogens is 445 g/mol. The third kappa shape index (κ3) is 4.64. The van der Waals surface area contributed by atoms with Gasteiger partial charge in [0.1, 0.15) is 11.6 Å². The van der Waals surface area contributed by atoms with Crippen molar-refractivity contribution in [2.24, 2.45) is 0 Å². The lowest BCUT2D eigenvalue weighted by Crippen LogP contribution is -2.22. The molecule has 0 aliphatic rings. The minimum Gasteiger partial charge on any atom is -0.396 e. The van der Waals surface area contributed by atoms with Crippen LogP contribution in [0.3, 0.4) is 0 Å². The van der Waals surface area contributed by atoms with Crippen molar-refractivity contribution in [3.8, 4) is 22.5 Å². The molecule has 0 aliphatic carbocycles. The van der Waals surface area contributed by atoms with Crippen molar-refractivity contribution >= 4 is 22.8 Å². The van der Waals surface area contributed by atoms with Crippen LogP contribution in [0.1, 0.15) is 17.9 Å². The van der Waals surface area contributed by atoms with Crippen LogP contribution in [-0.4, -0.2) is 37.6 Å². The first kappa shape index (κ1) is 22.4. The fourth-order valence-corrected chi connectivity index (χ4v) is 4.14. The van der Waals surface area contributed by atoms with Gasteiger partial charge in [-0.3, -0.25) is 14.8 Å². The maximum absolute atomic E-state index is 13.3. The highest BCUT2D eigenvalue weighted by Gasteiger charge is 2.22. The van der Waals surface area contributed by atoms with E-state index in [-0.39, 0.29) is 24.8 Å². The fraction of sp³-hybridized carbons (Fsp3) is 0.111. The normalized spacial score (nSPS) is 11.9. The molecular formula is C27H22FN5O2. The number of aromatic nitrogens is 4. The molecule has 0 bridgehead atoms. The van der Waals surface area contributed by atoms with Crippen molar-refractivity contribution in [2.45, 2.75) is 12.3 Å². The van der Waals surface area contributed by atoms with Gasteiger partial charge in [-0.1, -0.05) is 18.2 Å². The lowest BCUT2D eigenvalue weighted by Gasteiger charge is -2.16. The number of hydrogen-bond acceptors (Lipinski definition) is 5. The van der Waals surface area contributed by atoms with Crippen molar-refractivity contribution in [2.75, 3.05) is 11.9 Å². The van der Waals surface area contributed by atoms with Gasteiger partial charge in [-0.05, 0) is 60.5 Å². The Morgan fingerprint density at radius 1 is 0.971 bits per heavy atom. The summed E-state index contributed by atoms with van der Waals surface area (Å²) in [6, 6.07) is 18.8. The summed E-state index contributed by atoms with van der Waals surface area (Å²) in [6.07, 6.45) is 5.29. The summed E-state index contributed by atoms with van der Waals surface area (Å²) in [5.41, 5.74) is 5.51. The summed E-state index contributed by atoms with van der Waals surface area (Å²) in [5, 5.41) is 12.3. The number of nitrogens with zero attached hydrogens (tertiary/aromatic N) is 3. The average Bonchev–Trinajstić information content (AvgIpc) is 3.28. The van der Waals surface area contributed by atoms with Gasteiger partial charge in [0.15, 0.2) is 0 Å². The number of rotatable bonds is 7. The summed E-state index contributed by atoms with van der Waals surface area (Å²) >= 11 is 0. The van der Waals surface area contributed by atoms with Gasteiger partial charge in [0, 0.05) is 30.8 Å². The standard InChI is InChI=1S/C27H22FN5O2/c28-19-8-6-17(7-9-19)20(11-15-34)27(35)33-23-16-18(10-14-30-23)25-24(21-4-1-2-12-29-21)26-22(32-25)5-3-13-31-26/h1-10,12-14,16,20,32,34H,11,15H2,(H,30,33,35). The molecule has 4 aromatic heterocycles. The van der Waals surface area contributed by atoms with Crippen molar-refractivity contribution < 1.29 is 14.3 Å². The number of H-pyrrole nitrogens is 1. The van der Waals surface area contributed by atoms with Crippen LogP contribution < -0.4 is 5.32 Å². The minimum absolute atomic E-state index is 0.182. The molecule has 1 aromatic carbocycles. The predicted molar refractivity (Wildman–Crippen MR) is 132 cm³/mol. The molecule has 4 heterocycles. The minimum atomic E-state index is -0.646. The molecule has 0 fully saturated rings. The van der Waals surface area contributed by atoms with E-state index in [4.69, 9.17) is 0 Å². The zero-order valence-electron chi connectivity index (χ0n) is 18.6. The Hall–Kier alpha value is -4.43. The van der Waals surface area contributed by atoms with Gasteiger partial charge < -0.3 is 15.4 Å². The summed E-state index contributed by atoms with van der Waals surface area (Å²) in [5.74, 6) is -1.01. The molecule has 0 aliphatic heterocycles. The molecule has 5 rings (SSSR count). The van der Waals surface area contributed by atoms with Crippen LogP contribution in [0.4, 0.5) is 10.2 Å². The topological polar surface area (TPSA) is 104 Å². The van der Waals surface area contributed by atoms with Crippen LogP contribution >= 0.6 is 0 Å². The molecule has 0 saturated heterocycles. The van der Waals surface area contributed by atoms with E-state index in [1.54, 1.807) is 36.8 Å². The number of aliphatic hydroxyl groups is 1. The maximum Gasteiger partial charge on any atom is 0.233 e. The lowest BCUT2D eigenvalue weighted by atomic mass is 9.95. The quantitative estimate of drug-likeness (QED) is 0.315. The van der Waals surface area contributed by atoms with Crippen LogP contribution in [-0.2, 0) is 4.79 Å². The van der Waals surface area contributed by atoms with E-state index in [0.717, 1.165) is 33.5 Å². The fourth-order valence-electron chi connectivity index (χ4n) is 4.14. The van der Waals surface area contributed by atoms with Gasteiger partial charge in [0.05, 0.1) is 33.9 Å². The summed E-state index contributed by atoms with van der Waals surface area (Å²) in [4.78, 5) is 29.9. The summed E-state index contributed by atoms with van der Waals surface area (Å²) < 4.78 is 13.3. The number of carbonyl (C=O) groups is 1. The molecule has 1 unspecified atom stereocenters. The first-order valence-corrected chi connectivity index (χ1v) is 11.2. The van der Waals surface area contributed by atoms with Gasteiger partial charge >= 0.3 is 0 Å². The third-order valence-corrected chi connectivity index (χ3v) is 5.78. The van der Waals surface area contributed by atoms with Gasteiger partial charge in [-0.2, -0.15) is 0 Å². The number of carbonyl (C=O) groups excluding carboxylic acids is 1. The number of pyridine rings is 3. The van der Waals surface area contributed by atoms with E-state index < -0.39 is 5.92 Å². The number of halogens is 1. The first-order chi connectivity index (χ1) is 17.1. The van der Waals surface area contributed by atoms with E-state index in [9.17, 15) is 14.3 Å². The van der Waals surface area contributed by atoms with Crippen LogP contribution in [0, 0.1) is 5.82 Å². The average molecular weight is 468 g/mol. The highest BCUT2D eigenvalue weighted by atomic mass is 19.1. The number of fused-ring (bicyclic) bond motifs is 1. The molecule has 0 radical (unpaired) electrons. The van der Waals surface area contributed by atoms with E-state index in [2.05, 4.69) is 25.3 Å². The Kier molecular flexibility index (Phi) is 6.28. The van der Waals surface area contributed by atoms with E-state index in [1.807, 2.05) is 36.4 Å². The van der Waals surface area contributed by atoms with Crippen molar-refractivity contribution in [3.63, 3.8) is 0 Å². The van der Waals surface area contributed by atoms with E-state index in [0.29, 0.717) is 11.4 Å². The SMILES string of the molecule is O=C(Nc1cc(-c2[nH]c3cccnc3c2-c2ccccn2)ccn1)C(CCO)c1ccc(F)cc1. The Morgan fingerprint density at radius 2 is 1.80 bits per heavy atom. The number of nitrogens with one attached hydrogen (secondary N) is 2. The van der Waals surface area contributed by atoms with Crippen molar-refractivity contribution in [3.05, 3.63) is 96.7 Å². The Bertz CT molecular complexity index is 1470. The van der Waals surface area contributed by atoms with Crippen LogP contribution in [0.2, 0.25) is 0 Å². The van der Waals surface area contributed by atoms with Gasteiger partial charge in [-0.25, -0.2) is 9.37 Å². The molecule has 1 atom stereocenters. The summed E-state index contributed by atoms with van der Waals surface area (Å²) in [7, 11) is 0. The zero-order valence-corrected chi connectivity index (χ0v) is 18.6. The second-order valence-corrected chi connectivity index (χ2v) is 8.02. The highest BCUT2D eigenvalue weighted by Crippen LogP contribution is 2.36. The van der Waals surface area contributed by atoms with Crippen LogP contribution in [0.5, 0.6) is 0 Å². The Labute approximate surface area is 200 Å². The Balaban J connectivity index is 1.50. The number of benzene rings is 1. The molecule has 1 amide bonds. The number of hydrogen-bond donors (Lipinski definition) is 3. The Morgan fingerprint density at radius 3 is 2.57 bits per heavy atom. The third-order valence-electron chi connectivity index (χ3n) is 5.78. The van der Waals surface area contributed by atoms with Crippen LogP contribution in [0.15, 0.2) is 85.3 Å².